The molecule has 0 aliphatic rings. The van der Waals surface area contributed by atoms with Crippen LogP contribution in [-0.2, 0) is 13.9 Å². The minimum Gasteiger partial charge on any atom is -0.481 e. The Hall–Kier alpha value is -0.550. The third-order valence-electron chi connectivity index (χ3n) is 3.33. The number of carboxylic acid groups (broad SMARTS) is 1. The van der Waals surface area contributed by atoms with Gasteiger partial charge >= 0.3 is 118 Å². The number of rotatable bonds is 13. The number of carboxylic acids is 1. The summed E-state index contributed by atoms with van der Waals surface area (Å²) in [6, 6.07) is 0. The van der Waals surface area contributed by atoms with E-state index in [4.69, 9.17) is 5.11 Å². The molecule has 0 unspecified atom stereocenters. The molecule has 0 saturated heterocycles. The summed E-state index contributed by atoms with van der Waals surface area (Å²) in [5.74, 6) is -0.707. The fraction of sp³-hybridized carbons (Fsp3) is 0.800. The molecule has 5 nitrogen and oxygen atoms in total. The zero-order chi connectivity index (χ0) is 16.5. The summed E-state index contributed by atoms with van der Waals surface area (Å²) in [6.45, 7) is 1.86. The third-order valence-corrected chi connectivity index (χ3v) is 3.87. The molecule has 124 valence electrons. The first kappa shape index (κ1) is 21.4. The van der Waals surface area contributed by atoms with Crippen LogP contribution < -0.4 is 0 Å². The van der Waals surface area contributed by atoms with Crippen LogP contribution in [0.15, 0.2) is 0 Å². The van der Waals surface area contributed by atoms with Gasteiger partial charge in [-0.1, -0.05) is 0 Å². The Balaban J connectivity index is 3.52. The molecule has 22 heavy (non-hydrogen) atoms. The zero-order valence-electron chi connectivity index (χ0n) is 13.0. The third kappa shape index (κ3) is 15.8. The minimum absolute atomic E-state index is 0.0963. The molecule has 0 atom stereocenters. The number of unbranched alkanes of at least 4 members (excludes halogenated alkanes) is 7. The molecule has 0 aromatic carbocycles. The number of carbonyl (C=O) groups is 1. The van der Waals surface area contributed by atoms with Crippen molar-refractivity contribution < 1.29 is 19.0 Å². The molecule has 0 fully saturated rings. The van der Waals surface area contributed by atoms with Crippen molar-refractivity contribution in [1.29, 1.82) is 0 Å². The van der Waals surface area contributed by atoms with Crippen LogP contribution in [0.1, 0.15) is 57.8 Å². The van der Waals surface area contributed by atoms with E-state index >= 15 is 0 Å². The van der Waals surface area contributed by atoms with Crippen LogP contribution in [0.3, 0.4) is 0 Å². The number of hydrogen-bond donors (Lipinski definition) is 1. The Kier molecular flexibility index (Phi) is 16.4. The Morgan fingerprint density at radius 3 is 1.73 bits per heavy atom. The maximum absolute atomic E-state index is 10.4. The van der Waals surface area contributed by atoms with Gasteiger partial charge in [-0.15, -0.1) is 0 Å². The van der Waals surface area contributed by atoms with Crippen LogP contribution in [0.4, 0.5) is 0 Å². The second kappa shape index (κ2) is 16.8. The van der Waals surface area contributed by atoms with E-state index in [-0.39, 0.29) is 22.3 Å². The van der Waals surface area contributed by atoms with Gasteiger partial charge in [0.05, 0.1) is 0 Å². The fourth-order valence-electron chi connectivity index (χ4n) is 2.14. The van der Waals surface area contributed by atoms with E-state index in [1.54, 1.807) is 0 Å². The van der Waals surface area contributed by atoms with E-state index in [1.165, 1.54) is 12.8 Å². The quantitative estimate of drug-likeness (QED) is 0.396. The predicted molar refractivity (Wildman–Crippen MR) is 88.6 cm³/mol. The number of nitrogens with zero attached hydrogens (tertiary/aromatic N) is 1. The van der Waals surface area contributed by atoms with E-state index in [0.29, 0.717) is 13.1 Å². The van der Waals surface area contributed by atoms with Gasteiger partial charge in [-0.25, -0.2) is 0 Å². The molecule has 1 N–H and O–H groups in total. The smallest absolute Gasteiger partial charge is 0.481 e. The topological polar surface area (TPSA) is 74.7 Å². The van der Waals surface area contributed by atoms with E-state index in [9.17, 15) is 13.9 Å². The Morgan fingerprint density at radius 1 is 0.818 bits per heavy atom. The molecule has 0 aliphatic heterocycles. The van der Waals surface area contributed by atoms with Crippen LogP contribution in [0.25, 0.3) is 0 Å². The number of aliphatic carboxylic acids is 1. The van der Waals surface area contributed by atoms with Crippen molar-refractivity contribution in [2.75, 3.05) is 19.6 Å². The van der Waals surface area contributed by atoms with E-state index in [0.717, 1.165) is 45.1 Å². The minimum atomic E-state index is -0.707. The summed E-state index contributed by atoms with van der Waals surface area (Å²) in [7, 11) is -0.193. The van der Waals surface area contributed by atoms with Gasteiger partial charge < -0.3 is 5.11 Å². The normalized spacial score (nSPS) is 10.0. The van der Waals surface area contributed by atoms with Gasteiger partial charge in [-0.05, 0) is 0 Å². The molecular formula is C15H25NO4P2. The predicted octanol–water partition coefficient (Wildman–Crippen LogP) is 4.39. The van der Waals surface area contributed by atoms with Crippen LogP contribution >= 0.6 is 15.8 Å². The molecule has 0 aromatic rings. The van der Waals surface area contributed by atoms with Gasteiger partial charge in [0.15, 0.2) is 0 Å². The Bertz CT molecular complexity index is 468. The second-order valence-corrected chi connectivity index (χ2v) is 6.18. The number of hydrogen-bond acceptors (Lipinski definition) is 4. The zero-order valence-corrected chi connectivity index (χ0v) is 14.8. The van der Waals surface area contributed by atoms with E-state index in [1.807, 2.05) is 4.90 Å². The molecule has 0 radical (unpaired) electrons. The molecule has 0 aliphatic carbocycles. The van der Waals surface area contributed by atoms with Gasteiger partial charge in [-0.3, -0.25) is 4.79 Å². The Morgan fingerprint density at radius 2 is 1.27 bits per heavy atom. The molecular weight excluding hydrogens is 320 g/mol. The molecule has 0 spiro atoms. The average molecular weight is 345 g/mol. The fourth-order valence-corrected chi connectivity index (χ4v) is 2.66. The summed E-state index contributed by atoms with van der Waals surface area (Å²) in [4.78, 5) is 12.4. The summed E-state index contributed by atoms with van der Waals surface area (Å²) >= 11 is 0. The maximum atomic E-state index is 10.4. The van der Waals surface area contributed by atoms with Crippen molar-refractivity contribution in [1.82, 2.24) is 4.90 Å². The molecule has 0 rings (SSSR count). The molecule has 0 bridgehead atoms. The first-order valence-electron chi connectivity index (χ1n) is 7.75. The van der Waals surface area contributed by atoms with Crippen LogP contribution in [0, 0.1) is 11.3 Å². The second-order valence-electron chi connectivity index (χ2n) is 5.18. The standard InChI is InChI=1S/C15H25NO4P2/c17-15(18)9-7-5-3-1-2-4-6-8-10-16(11-13-21-19)12-14-22-20/h1-12H2,(H,17,18). The first-order valence-corrected chi connectivity index (χ1v) is 9.37. The molecule has 7 heteroatoms. The van der Waals surface area contributed by atoms with Gasteiger partial charge in [0.2, 0.25) is 0 Å². The van der Waals surface area contributed by atoms with Crippen molar-refractivity contribution >= 4 is 21.8 Å². The van der Waals surface area contributed by atoms with E-state index < -0.39 is 5.97 Å². The van der Waals surface area contributed by atoms with Crippen molar-refractivity contribution in [3.8, 4) is 11.3 Å². The van der Waals surface area contributed by atoms with Gasteiger partial charge in [0, 0.05) is 6.42 Å². The Labute approximate surface area is 135 Å². The molecule has 0 amide bonds. The first-order chi connectivity index (χ1) is 10.7. The summed E-state index contributed by atoms with van der Waals surface area (Å²) in [6.07, 6.45) is 8.87. The molecule has 0 aromatic heterocycles. The molecule has 0 saturated carbocycles. The average Bonchev–Trinajstić information content (AvgIpc) is 2.50. The van der Waals surface area contributed by atoms with Crippen molar-refractivity contribution in [3.05, 3.63) is 0 Å². The van der Waals surface area contributed by atoms with E-state index in [2.05, 4.69) is 11.3 Å². The summed E-state index contributed by atoms with van der Waals surface area (Å²) in [5.41, 5.74) is 5.40. The van der Waals surface area contributed by atoms with Crippen LogP contribution in [0.2, 0.25) is 0 Å². The van der Waals surface area contributed by atoms with Gasteiger partial charge in [0.25, 0.3) is 0 Å². The van der Waals surface area contributed by atoms with Gasteiger partial charge in [0.1, 0.15) is 0 Å². The van der Waals surface area contributed by atoms with Crippen molar-refractivity contribution in [2.24, 2.45) is 0 Å². The van der Waals surface area contributed by atoms with Crippen LogP contribution in [0.5, 0.6) is 0 Å². The SMILES string of the molecule is O=P#CCN(CC#P=O)CCCCCCCCCCC(=O)O. The molecule has 0 heterocycles. The van der Waals surface area contributed by atoms with Crippen molar-refractivity contribution in [3.63, 3.8) is 0 Å². The summed E-state index contributed by atoms with van der Waals surface area (Å²) < 4.78 is 20.8. The monoisotopic (exact) mass is 345 g/mol. The van der Waals surface area contributed by atoms with Gasteiger partial charge in [-0.2, -0.15) is 0 Å². The van der Waals surface area contributed by atoms with Crippen LogP contribution in [-0.4, -0.2) is 35.6 Å². The summed E-state index contributed by atoms with van der Waals surface area (Å²) in [5, 5.41) is 8.52. The van der Waals surface area contributed by atoms with Crippen molar-refractivity contribution in [2.45, 2.75) is 57.8 Å².